The zero-order chi connectivity index (χ0) is 8.85. The van der Waals surface area contributed by atoms with Crippen molar-refractivity contribution in [2.75, 3.05) is 0 Å². The minimum atomic E-state index is 0.585. The van der Waals surface area contributed by atoms with E-state index < -0.39 is 0 Å². The van der Waals surface area contributed by atoms with Crippen LogP contribution in [0.5, 0.6) is 0 Å². The lowest BCUT2D eigenvalue weighted by Gasteiger charge is -2.09. The van der Waals surface area contributed by atoms with Gasteiger partial charge in [-0.2, -0.15) is 0 Å². The van der Waals surface area contributed by atoms with Gasteiger partial charge in [0.2, 0.25) is 0 Å². The van der Waals surface area contributed by atoms with Gasteiger partial charge in [0, 0.05) is 0 Å². The van der Waals surface area contributed by atoms with Crippen LogP contribution in [0.25, 0.3) is 0 Å². The van der Waals surface area contributed by atoms with E-state index in [4.69, 9.17) is 0 Å². The maximum absolute atomic E-state index is 4.01. The highest BCUT2D eigenvalue weighted by Crippen LogP contribution is 2.30. The van der Waals surface area contributed by atoms with Gasteiger partial charge in [-0.1, -0.05) is 45.2 Å². The van der Waals surface area contributed by atoms with Crippen molar-refractivity contribution in [1.82, 2.24) is 0 Å². The molecule has 0 rings (SSSR count). The Bertz CT molecular complexity index is 154. The molecule has 0 spiro atoms. The molecular formula is C10H18S. The van der Waals surface area contributed by atoms with Gasteiger partial charge in [-0.15, -0.1) is 0 Å². The summed E-state index contributed by atoms with van der Waals surface area (Å²) in [4.78, 5) is 2.68. The summed E-state index contributed by atoms with van der Waals surface area (Å²) in [5.41, 5.74) is 0. The van der Waals surface area contributed by atoms with Crippen LogP contribution < -0.4 is 0 Å². The van der Waals surface area contributed by atoms with Crippen LogP contribution in [0, 0.1) is 5.92 Å². The molecule has 0 fully saturated rings. The summed E-state index contributed by atoms with van der Waals surface area (Å²) in [6.07, 6.45) is 3.28. The van der Waals surface area contributed by atoms with Crippen molar-refractivity contribution in [3.05, 3.63) is 22.5 Å². The van der Waals surface area contributed by atoms with E-state index in [0.29, 0.717) is 5.92 Å². The Morgan fingerprint density at radius 2 is 2.09 bits per heavy atom. The summed E-state index contributed by atoms with van der Waals surface area (Å²) >= 11 is 1.82. The molecule has 0 heterocycles. The van der Waals surface area contributed by atoms with E-state index in [1.165, 1.54) is 9.81 Å². The first kappa shape index (κ1) is 10.8. The van der Waals surface area contributed by atoms with Gasteiger partial charge in [0.25, 0.3) is 0 Å². The summed E-state index contributed by atoms with van der Waals surface area (Å²) in [7, 11) is 0. The predicted octanol–water partition coefficient (Wildman–Crippen LogP) is 4.20. The molecule has 0 aromatic rings. The summed E-state index contributed by atoms with van der Waals surface area (Å²) in [5, 5.41) is 0. The van der Waals surface area contributed by atoms with E-state index in [1.54, 1.807) is 0 Å². The van der Waals surface area contributed by atoms with Gasteiger partial charge in [0.05, 0.1) is 0 Å². The Hall–Kier alpha value is -0.170. The first-order valence-electron chi connectivity index (χ1n) is 4.13. The van der Waals surface area contributed by atoms with Crippen molar-refractivity contribution in [1.29, 1.82) is 0 Å². The fourth-order valence-electron chi connectivity index (χ4n) is 0.621. The Labute approximate surface area is 74.8 Å². The molecule has 0 bridgehead atoms. The van der Waals surface area contributed by atoms with Crippen LogP contribution in [-0.4, -0.2) is 0 Å². The number of rotatable bonds is 4. The maximum atomic E-state index is 4.01. The molecule has 0 aliphatic carbocycles. The lowest BCUT2D eigenvalue weighted by molar-refractivity contribution is 0.820. The van der Waals surface area contributed by atoms with E-state index in [1.807, 2.05) is 11.8 Å². The highest BCUT2D eigenvalue weighted by molar-refractivity contribution is 8.06. The Morgan fingerprint density at radius 3 is 2.36 bits per heavy atom. The van der Waals surface area contributed by atoms with Gasteiger partial charge < -0.3 is 0 Å². The van der Waals surface area contributed by atoms with Crippen molar-refractivity contribution in [3.63, 3.8) is 0 Å². The zero-order valence-electron chi connectivity index (χ0n) is 7.98. The third-order valence-electron chi connectivity index (χ3n) is 1.58. The van der Waals surface area contributed by atoms with Crippen LogP contribution in [0.1, 0.15) is 34.1 Å². The fraction of sp³-hybridized carbons (Fsp3) is 0.600. The average molecular weight is 170 g/mol. The molecular weight excluding hydrogens is 152 g/mol. The van der Waals surface area contributed by atoms with Crippen molar-refractivity contribution in [3.8, 4) is 0 Å². The van der Waals surface area contributed by atoms with Crippen molar-refractivity contribution < 1.29 is 0 Å². The predicted molar refractivity (Wildman–Crippen MR) is 55.6 cm³/mol. The molecule has 0 amide bonds. The number of allylic oxidation sites excluding steroid dienone is 3. The van der Waals surface area contributed by atoms with Crippen LogP contribution in [0.4, 0.5) is 0 Å². The molecule has 0 aromatic carbocycles. The SMILES string of the molecule is C=C(S/C(=C\C)CC)C(C)C. The van der Waals surface area contributed by atoms with Crippen LogP contribution in [0.2, 0.25) is 0 Å². The molecule has 0 aliphatic rings. The highest BCUT2D eigenvalue weighted by Gasteiger charge is 2.02. The summed E-state index contributed by atoms with van der Waals surface area (Å²) < 4.78 is 0. The number of hydrogen-bond acceptors (Lipinski definition) is 1. The molecule has 64 valence electrons. The molecule has 0 aliphatic heterocycles. The van der Waals surface area contributed by atoms with Gasteiger partial charge in [-0.3, -0.25) is 0 Å². The smallest absolute Gasteiger partial charge is 0.0151 e. The Morgan fingerprint density at radius 1 is 1.55 bits per heavy atom. The molecule has 11 heavy (non-hydrogen) atoms. The lowest BCUT2D eigenvalue weighted by atomic mass is 10.2. The molecule has 0 aromatic heterocycles. The second-order valence-corrected chi connectivity index (χ2v) is 4.08. The number of thioether (sulfide) groups is 1. The second-order valence-electron chi connectivity index (χ2n) is 2.83. The van der Waals surface area contributed by atoms with Crippen LogP contribution in [0.15, 0.2) is 22.5 Å². The first-order valence-corrected chi connectivity index (χ1v) is 4.95. The molecule has 1 heteroatoms. The second kappa shape index (κ2) is 5.48. The molecule has 0 unspecified atom stereocenters. The summed E-state index contributed by atoms with van der Waals surface area (Å²) in [5.74, 6) is 0.585. The van der Waals surface area contributed by atoms with Crippen molar-refractivity contribution >= 4 is 11.8 Å². The van der Waals surface area contributed by atoms with Crippen molar-refractivity contribution in [2.24, 2.45) is 5.92 Å². The van der Waals surface area contributed by atoms with Gasteiger partial charge in [0.15, 0.2) is 0 Å². The zero-order valence-corrected chi connectivity index (χ0v) is 8.79. The average Bonchev–Trinajstić information content (AvgIpc) is 1.99. The topological polar surface area (TPSA) is 0 Å². The quantitative estimate of drug-likeness (QED) is 0.609. The van der Waals surface area contributed by atoms with E-state index in [2.05, 4.69) is 40.3 Å². The molecule has 0 atom stereocenters. The van der Waals surface area contributed by atoms with Crippen LogP contribution in [0.3, 0.4) is 0 Å². The van der Waals surface area contributed by atoms with E-state index in [-0.39, 0.29) is 0 Å². The third-order valence-corrected chi connectivity index (χ3v) is 3.10. The van der Waals surface area contributed by atoms with Crippen LogP contribution >= 0.6 is 11.8 Å². The fourth-order valence-corrected chi connectivity index (χ4v) is 1.46. The van der Waals surface area contributed by atoms with Gasteiger partial charge in [0.1, 0.15) is 0 Å². The minimum Gasteiger partial charge on any atom is -0.0997 e. The lowest BCUT2D eigenvalue weighted by Crippen LogP contribution is -1.87. The Kier molecular flexibility index (Phi) is 5.39. The monoisotopic (exact) mass is 170 g/mol. The third kappa shape index (κ3) is 4.31. The molecule has 0 radical (unpaired) electrons. The van der Waals surface area contributed by atoms with Crippen LogP contribution in [-0.2, 0) is 0 Å². The van der Waals surface area contributed by atoms with Gasteiger partial charge in [-0.25, -0.2) is 0 Å². The molecule has 0 saturated carbocycles. The maximum Gasteiger partial charge on any atom is -0.0151 e. The molecule has 0 N–H and O–H groups in total. The molecule has 0 nitrogen and oxygen atoms in total. The van der Waals surface area contributed by atoms with Gasteiger partial charge in [-0.05, 0) is 29.1 Å². The largest absolute Gasteiger partial charge is 0.0997 e. The first-order chi connectivity index (χ1) is 5.11. The van der Waals surface area contributed by atoms with E-state index in [9.17, 15) is 0 Å². The number of hydrogen-bond donors (Lipinski definition) is 0. The molecule has 0 saturated heterocycles. The Balaban J connectivity index is 3.93. The minimum absolute atomic E-state index is 0.585. The van der Waals surface area contributed by atoms with Gasteiger partial charge >= 0.3 is 0 Å². The normalized spacial score (nSPS) is 12.3. The standard InChI is InChI=1S/C10H18S/c1-6-10(7-2)11-9(5)8(3)4/h6,8H,5,7H2,1-4H3/b10-6-. The van der Waals surface area contributed by atoms with E-state index >= 15 is 0 Å². The summed E-state index contributed by atoms with van der Waals surface area (Å²) in [6.45, 7) is 12.6. The van der Waals surface area contributed by atoms with E-state index in [0.717, 1.165) is 6.42 Å². The van der Waals surface area contributed by atoms with Crippen molar-refractivity contribution in [2.45, 2.75) is 34.1 Å². The summed E-state index contributed by atoms with van der Waals surface area (Å²) in [6, 6.07) is 0. The highest BCUT2D eigenvalue weighted by atomic mass is 32.2.